The molecule has 1 N–H and O–H groups in total. The lowest BCUT2D eigenvalue weighted by Gasteiger charge is -2.13. The number of hydrogen-bond acceptors (Lipinski definition) is 3. The summed E-state index contributed by atoms with van der Waals surface area (Å²) in [6.07, 6.45) is 0. The fourth-order valence-corrected chi connectivity index (χ4v) is 1.98. The van der Waals surface area contributed by atoms with Gasteiger partial charge >= 0.3 is 0 Å². The summed E-state index contributed by atoms with van der Waals surface area (Å²) in [6.45, 7) is 1.86. The highest BCUT2D eigenvalue weighted by Gasteiger charge is 2.17. The molecule has 0 amide bonds. The molecule has 0 aliphatic heterocycles. The second-order valence-electron chi connectivity index (χ2n) is 3.75. The first kappa shape index (κ1) is 11.5. The summed E-state index contributed by atoms with van der Waals surface area (Å²) in [5.41, 5.74) is 0.882. The Morgan fingerprint density at radius 2 is 1.82 bits per heavy atom. The molecule has 0 saturated carbocycles. The van der Waals surface area contributed by atoms with Gasteiger partial charge in [0.15, 0.2) is 11.6 Å². The summed E-state index contributed by atoms with van der Waals surface area (Å²) in [7, 11) is 2.83. The third kappa shape index (κ3) is 1.65. The number of phenolic OH excluding ortho intramolecular Hbond substituents is 1. The number of aryl methyl sites for hydroxylation is 1. The quantitative estimate of drug-likeness (QED) is 0.871. The molecule has 0 aliphatic rings. The minimum absolute atomic E-state index is 0.0275. The van der Waals surface area contributed by atoms with Gasteiger partial charge in [0.2, 0.25) is 0 Å². The topological polar surface area (TPSA) is 38.7 Å². The first-order chi connectivity index (χ1) is 8.10. The summed E-state index contributed by atoms with van der Waals surface area (Å²) in [5.74, 6) is -0.174. The van der Waals surface area contributed by atoms with E-state index >= 15 is 0 Å². The molecule has 0 saturated heterocycles. The highest BCUT2D eigenvalue weighted by molar-refractivity contribution is 6.00. The summed E-state index contributed by atoms with van der Waals surface area (Å²) in [4.78, 5) is 0. The van der Waals surface area contributed by atoms with Crippen LogP contribution < -0.4 is 9.47 Å². The summed E-state index contributed by atoms with van der Waals surface area (Å²) in [6, 6.07) is 4.52. The molecule has 3 nitrogen and oxygen atoms in total. The van der Waals surface area contributed by atoms with Crippen LogP contribution in [0.15, 0.2) is 18.2 Å². The molecule has 90 valence electrons. The van der Waals surface area contributed by atoms with Crippen LogP contribution in [0.4, 0.5) is 4.39 Å². The third-order valence-corrected chi connectivity index (χ3v) is 2.76. The Hall–Kier alpha value is -1.97. The summed E-state index contributed by atoms with van der Waals surface area (Å²) >= 11 is 0. The molecule has 0 aliphatic carbocycles. The van der Waals surface area contributed by atoms with Crippen LogP contribution in [0.3, 0.4) is 0 Å². The highest BCUT2D eigenvalue weighted by atomic mass is 19.1. The number of phenols is 1. The largest absolute Gasteiger partial charge is 0.507 e. The fraction of sp³-hybridized carbons (Fsp3) is 0.231. The molecule has 0 fully saturated rings. The minimum atomic E-state index is -0.558. The van der Waals surface area contributed by atoms with Gasteiger partial charge in [0, 0.05) is 11.5 Å². The molecule has 0 spiro atoms. The second kappa shape index (κ2) is 4.13. The average molecular weight is 236 g/mol. The van der Waals surface area contributed by atoms with Crippen molar-refractivity contribution < 1.29 is 19.0 Å². The van der Waals surface area contributed by atoms with Crippen molar-refractivity contribution in [3.05, 3.63) is 29.6 Å². The predicted molar refractivity (Wildman–Crippen MR) is 63.4 cm³/mol. The predicted octanol–water partition coefficient (Wildman–Crippen LogP) is 3.01. The number of hydrogen-bond donors (Lipinski definition) is 1. The van der Waals surface area contributed by atoms with Gasteiger partial charge in [0.05, 0.1) is 19.6 Å². The van der Waals surface area contributed by atoms with E-state index in [1.54, 1.807) is 6.07 Å². The number of methoxy groups -OCH3 is 2. The minimum Gasteiger partial charge on any atom is -0.507 e. The number of ether oxygens (including phenoxy) is 2. The maximum atomic E-state index is 13.8. The molecule has 0 bridgehead atoms. The monoisotopic (exact) mass is 236 g/mol. The van der Waals surface area contributed by atoms with Crippen molar-refractivity contribution in [3.8, 4) is 17.2 Å². The van der Waals surface area contributed by atoms with Crippen molar-refractivity contribution in [3.63, 3.8) is 0 Å². The van der Waals surface area contributed by atoms with Gasteiger partial charge in [-0.2, -0.15) is 0 Å². The van der Waals surface area contributed by atoms with E-state index in [1.165, 1.54) is 26.4 Å². The second-order valence-corrected chi connectivity index (χ2v) is 3.75. The van der Waals surface area contributed by atoms with Crippen LogP contribution in [-0.2, 0) is 0 Å². The highest BCUT2D eigenvalue weighted by Crippen LogP contribution is 2.42. The standard InChI is InChI=1S/C13H13FO3/c1-7-4-5-9(15)12-11(7)10(16-2)6-8(14)13(12)17-3/h4-6,15H,1-3H3. The van der Waals surface area contributed by atoms with E-state index in [1.807, 2.05) is 6.92 Å². The Kier molecular flexibility index (Phi) is 2.79. The van der Waals surface area contributed by atoms with Crippen LogP contribution in [0.5, 0.6) is 17.2 Å². The van der Waals surface area contributed by atoms with E-state index in [0.29, 0.717) is 16.5 Å². The third-order valence-electron chi connectivity index (χ3n) is 2.76. The van der Waals surface area contributed by atoms with E-state index < -0.39 is 5.82 Å². The van der Waals surface area contributed by atoms with Gasteiger partial charge in [-0.25, -0.2) is 4.39 Å². The van der Waals surface area contributed by atoms with Gasteiger partial charge in [0.1, 0.15) is 11.5 Å². The number of fused-ring (bicyclic) bond motifs is 1. The first-order valence-electron chi connectivity index (χ1n) is 5.13. The fourth-order valence-electron chi connectivity index (χ4n) is 1.98. The Morgan fingerprint density at radius 1 is 1.12 bits per heavy atom. The lowest BCUT2D eigenvalue weighted by atomic mass is 10.0. The average Bonchev–Trinajstić information content (AvgIpc) is 2.32. The number of rotatable bonds is 2. The molecule has 0 atom stereocenters. The molecule has 0 aromatic heterocycles. The molecule has 17 heavy (non-hydrogen) atoms. The van der Waals surface area contributed by atoms with Crippen molar-refractivity contribution in [2.24, 2.45) is 0 Å². The molecule has 0 heterocycles. The lowest BCUT2D eigenvalue weighted by molar-refractivity contribution is 0.381. The van der Waals surface area contributed by atoms with Crippen molar-refractivity contribution >= 4 is 10.8 Å². The van der Waals surface area contributed by atoms with Crippen molar-refractivity contribution in [1.82, 2.24) is 0 Å². The van der Waals surface area contributed by atoms with Gasteiger partial charge in [0.25, 0.3) is 0 Å². The maximum Gasteiger partial charge on any atom is 0.169 e. The number of aromatic hydroxyl groups is 1. The Bertz CT molecular complexity index is 579. The molecule has 2 aromatic rings. The van der Waals surface area contributed by atoms with E-state index in [2.05, 4.69) is 0 Å². The summed E-state index contributed by atoms with van der Waals surface area (Å²) in [5, 5.41) is 10.8. The zero-order chi connectivity index (χ0) is 12.6. The van der Waals surface area contributed by atoms with Gasteiger partial charge in [-0.15, -0.1) is 0 Å². The first-order valence-corrected chi connectivity index (χ1v) is 5.13. The van der Waals surface area contributed by atoms with Gasteiger partial charge in [-0.05, 0) is 18.6 Å². The maximum absolute atomic E-state index is 13.8. The van der Waals surface area contributed by atoms with Gasteiger partial charge in [-0.3, -0.25) is 0 Å². The van der Waals surface area contributed by atoms with Crippen LogP contribution >= 0.6 is 0 Å². The Morgan fingerprint density at radius 3 is 2.41 bits per heavy atom. The molecule has 0 unspecified atom stereocenters. The Labute approximate surface area is 98.4 Å². The zero-order valence-electron chi connectivity index (χ0n) is 9.87. The molecule has 4 heteroatoms. The number of benzene rings is 2. The van der Waals surface area contributed by atoms with Crippen molar-refractivity contribution in [2.75, 3.05) is 14.2 Å². The zero-order valence-corrected chi connectivity index (χ0v) is 9.87. The van der Waals surface area contributed by atoms with Crippen LogP contribution in [0.1, 0.15) is 5.56 Å². The van der Waals surface area contributed by atoms with Crippen molar-refractivity contribution in [2.45, 2.75) is 6.92 Å². The Balaban J connectivity index is 3.02. The van der Waals surface area contributed by atoms with Crippen LogP contribution in [-0.4, -0.2) is 19.3 Å². The van der Waals surface area contributed by atoms with E-state index in [-0.39, 0.29) is 11.5 Å². The van der Waals surface area contributed by atoms with E-state index in [0.717, 1.165) is 5.56 Å². The molecule has 2 aromatic carbocycles. The van der Waals surface area contributed by atoms with Crippen LogP contribution in [0.25, 0.3) is 10.8 Å². The normalized spacial score (nSPS) is 10.6. The molecule has 2 rings (SSSR count). The lowest BCUT2D eigenvalue weighted by Crippen LogP contribution is -1.95. The van der Waals surface area contributed by atoms with Crippen LogP contribution in [0, 0.1) is 12.7 Å². The van der Waals surface area contributed by atoms with Crippen LogP contribution in [0.2, 0.25) is 0 Å². The molecular weight excluding hydrogens is 223 g/mol. The molecule has 0 radical (unpaired) electrons. The van der Waals surface area contributed by atoms with Gasteiger partial charge < -0.3 is 14.6 Å². The SMILES string of the molecule is COc1cc(F)c(OC)c2c(O)ccc(C)c12. The smallest absolute Gasteiger partial charge is 0.169 e. The van der Waals surface area contributed by atoms with Crippen molar-refractivity contribution in [1.29, 1.82) is 0 Å². The molecular formula is C13H13FO3. The van der Waals surface area contributed by atoms with Gasteiger partial charge in [-0.1, -0.05) is 6.07 Å². The number of halogens is 1. The van der Waals surface area contributed by atoms with E-state index in [9.17, 15) is 9.50 Å². The van der Waals surface area contributed by atoms with E-state index in [4.69, 9.17) is 9.47 Å². The summed E-state index contributed by atoms with van der Waals surface area (Å²) < 4.78 is 23.9.